The SMILES string of the molecule is CC1CCn2c(nnc2-c2ccc3c(c2)CCCN3)C1. The maximum Gasteiger partial charge on any atom is 0.163 e. The number of aryl methyl sites for hydroxylation is 1. The number of nitrogens with one attached hydrogen (secondary N) is 1. The number of hydrogen-bond acceptors (Lipinski definition) is 3. The molecule has 20 heavy (non-hydrogen) atoms. The van der Waals surface area contributed by atoms with Crippen molar-refractivity contribution in [2.75, 3.05) is 11.9 Å². The molecular formula is C16H20N4. The third kappa shape index (κ3) is 1.90. The minimum Gasteiger partial charge on any atom is -0.385 e. The van der Waals surface area contributed by atoms with Crippen molar-refractivity contribution in [3.05, 3.63) is 29.6 Å². The summed E-state index contributed by atoms with van der Waals surface area (Å²) in [6, 6.07) is 6.65. The Morgan fingerprint density at radius 1 is 1.30 bits per heavy atom. The van der Waals surface area contributed by atoms with Crippen LogP contribution >= 0.6 is 0 Å². The van der Waals surface area contributed by atoms with Crippen LogP contribution in [0.2, 0.25) is 0 Å². The van der Waals surface area contributed by atoms with Crippen LogP contribution < -0.4 is 5.32 Å². The van der Waals surface area contributed by atoms with Gasteiger partial charge in [0.1, 0.15) is 5.82 Å². The molecule has 3 heterocycles. The van der Waals surface area contributed by atoms with Crippen LogP contribution in [0.4, 0.5) is 5.69 Å². The predicted octanol–water partition coefficient (Wildman–Crippen LogP) is 2.89. The molecule has 1 unspecified atom stereocenters. The van der Waals surface area contributed by atoms with Crippen LogP contribution in [-0.4, -0.2) is 21.3 Å². The van der Waals surface area contributed by atoms with Crippen molar-refractivity contribution in [1.29, 1.82) is 0 Å². The van der Waals surface area contributed by atoms with Gasteiger partial charge in [-0.05, 0) is 48.9 Å². The fraction of sp³-hybridized carbons (Fsp3) is 0.500. The first-order chi connectivity index (χ1) is 9.81. The van der Waals surface area contributed by atoms with Crippen molar-refractivity contribution >= 4 is 5.69 Å². The van der Waals surface area contributed by atoms with Gasteiger partial charge in [-0.2, -0.15) is 0 Å². The van der Waals surface area contributed by atoms with E-state index in [-0.39, 0.29) is 0 Å². The number of nitrogens with zero attached hydrogens (tertiary/aromatic N) is 3. The molecule has 0 bridgehead atoms. The molecule has 4 nitrogen and oxygen atoms in total. The minimum atomic E-state index is 0.729. The third-order valence-corrected chi connectivity index (χ3v) is 4.51. The zero-order chi connectivity index (χ0) is 13.5. The van der Waals surface area contributed by atoms with Crippen molar-refractivity contribution in [2.24, 2.45) is 5.92 Å². The van der Waals surface area contributed by atoms with Crippen LogP contribution in [-0.2, 0) is 19.4 Å². The topological polar surface area (TPSA) is 42.7 Å². The van der Waals surface area contributed by atoms with Crippen LogP contribution in [0.15, 0.2) is 18.2 Å². The van der Waals surface area contributed by atoms with Crippen molar-refractivity contribution in [1.82, 2.24) is 14.8 Å². The van der Waals surface area contributed by atoms with Gasteiger partial charge in [-0.3, -0.25) is 0 Å². The Labute approximate surface area is 119 Å². The van der Waals surface area contributed by atoms with E-state index < -0.39 is 0 Å². The summed E-state index contributed by atoms with van der Waals surface area (Å²) < 4.78 is 2.30. The van der Waals surface area contributed by atoms with E-state index in [4.69, 9.17) is 0 Å². The molecular weight excluding hydrogens is 248 g/mol. The normalized spacial score (nSPS) is 20.9. The highest BCUT2D eigenvalue weighted by Gasteiger charge is 2.21. The first-order valence-corrected chi connectivity index (χ1v) is 7.60. The molecule has 0 aliphatic carbocycles. The van der Waals surface area contributed by atoms with Gasteiger partial charge in [-0.25, -0.2) is 0 Å². The summed E-state index contributed by atoms with van der Waals surface area (Å²) in [6.07, 6.45) is 4.66. The van der Waals surface area contributed by atoms with Crippen molar-refractivity contribution in [3.63, 3.8) is 0 Å². The molecule has 2 aliphatic rings. The van der Waals surface area contributed by atoms with Crippen LogP contribution in [0, 0.1) is 5.92 Å². The predicted molar refractivity (Wildman–Crippen MR) is 79.8 cm³/mol. The highest BCUT2D eigenvalue weighted by molar-refractivity contribution is 5.65. The summed E-state index contributed by atoms with van der Waals surface area (Å²) in [5.41, 5.74) is 3.91. The van der Waals surface area contributed by atoms with E-state index >= 15 is 0 Å². The smallest absolute Gasteiger partial charge is 0.163 e. The number of aromatic nitrogens is 3. The fourth-order valence-corrected chi connectivity index (χ4v) is 3.31. The molecule has 2 aliphatic heterocycles. The third-order valence-electron chi connectivity index (χ3n) is 4.51. The van der Waals surface area contributed by atoms with Gasteiger partial charge < -0.3 is 9.88 Å². The molecule has 4 heteroatoms. The maximum absolute atomic E-state index is 4.44. The van der Waals surface area contributed by atoms with Crippen molar-refractivity contribution in [2.45, 2.75) is 39.2 Å². The summed E-state index contributed by atoms with van der Waals surface area (Å²) >= 11 is 0. The average Bonchev–Trinajstić information content (AvgIpc) is 2.89. The molecule has 0 spiro atoms. The minimum absolute atomic E-state index is 0.729. The highest BCUT2D eigenvalue weighted by atomic mass is 15.3. The lowest BCUT2D eigenvalue weighted by Gasteiger charge is -2.21. The summed E-state index contributed by atoms with van der Waals surface area (Å²) in [5, 5.41) is 12.3. The quantitative estimate of drug-likeness (QED) is 0.864. The fourth-order valence-electron chi connectivity index (χ4n) is 3.31. The molecule has 1 aromatic heterocycles. The summed E-state index contributed by atoms with van der Waals surface area (Å²) in [7, 11) is 0. The van der Waals surface area contributed by atoms with Gasteiger partial charge >= 0.3 is 0 Å². The van der Waals surface area contributed by atoms with Crippen LogP contribution in [0.3, 0.4) is 0 Å². The molecule has 0 radical (unpaired) electrons. The Bertz CT molecular complexity index is 644. The van der Waals surface area contributed by atoms with E-state index in [1.807, 2.05) is 0 Å². The first kappa shape index (κ1) is 11.9. The van der Waals surface area contributed by atoms with Gasteiger partial charge in [-0.1, -0.05) is 6.92 Å². The van der Waals surface area contributed by atoms with Gasteiger partial charge in [0, 0.05) is 30.8 Å². The maximum atomic E-state index is 4.44. The molecule has 0 fully saturated rings. The second-order valence-corrected chi connectivity index (χ2v) is 6.09. The van der Waals surface area contributed by atoms with Gasteiger partial charge in [-0.15, -0.1) is 10.2 Å². The largest absolute Gasteiger partial charge is 0.385 e. The van der Waals surface area contributed by atoms with Crippen molar-refractivity contribution < 1.29 is 0 Å². The Morgan fingerprint density at radius 2 is 2.25 bits per heavy atom. The molecule has 104 valence electrons. The Balaban J connectivity index is 1.75. The Kier molecular flexibility index (Phi) is 2.76. The number of fused-ring (bicyclic) bond motifs is 2. The van der Waals surface area contributed by atoms with Gasteiger partial charge in [0.15, 0.2) is 5.82 Å². The number of benzene rings is 1. The lowest BCUT2D eigenvalue weighted by molar-refractivity contribution is 0.411. The zero-order valence-electron chi connectivity index (χ0n) is 11.9. The number of hydrogen-bond donors (Lipinski definition) is 1. The summed E-state index contributed by atoms with van der Waals surface area (Å²) in [5.74, 6) is 2.92. The molecule has 0 saturated heterocycles. The summed E-state index contributed by atoms with van der Waals surface area (Å²) in [4.78, 5) is 0. The molecule has 4 rings (SSSR count). The number of rotatable bonds is 1. The standard InChI is InChI=1S/C16H20N4/c1-11-6-8-20-15(9-11)18-19-16(20)13-4-5-14-12(10-13)3-2-7-17-14/h4-5,10-11,17H,2-3,6-9H2,1H3. The lowest BCUT2D eigenvalue weighted by Crippen LogP contribution is -2.18. The second-order valence-electron chi connectivity index (χ2n) is 6.09. The zero-order valence-corrected chi connectivity index (χ0v) is 11.9. The van der Waals surface area contributed by atoms with Crippen LogP contribution in [0.5, 0.6) is 0 Å². The molecule has 1 N–H and O–H groups in total. The van der Waals surface area contributed by atoms with Crippen LogP contribution in [0.1, 0.15) is 31.2 Å². The van der Waals surface area contributed by atoms with Gasteiger partial charge in [0.25, 0.3) is 0 Å². The lowest BCUT2D eigenvalue weighted by atomic mass is 9.99. The molecule has 2 aromatic rings. The molecule has 0 saturated carbocycles. The van der Waals surface area contributed by atoms with Gasteiger partial charge in [0.2, 0.25) is 0 Å². The van der Waals surface area contributed by atoms with Crippen LogP contribution in [0.25, 0.3) is 11.4 Å². The molecule has 1 aromatic carbocycles. The summed E-state index contributed by atoms with van der Waals surface area (Å²) in [6.45, 7) is 4.43. The van der Waals surface area contributed by atoms with E-state index in [0.717, 1.165) is 43.5 Å². The van der Waals surface area contributed by atoms with E-state index in [1.54, 1.807) is 0 Å². The number of anilines is 1. The monoisotopic (exact) mass is 268 g/mol. The molecule has 0 amide bonds. The highest BCUT2D eigenvalue weighted by Crippen LogP contribution is 2.30. The average molecular weight is 268 g/mol. The van der Waals surface area contributed by atoms with Gasteiger partial charge in [0.05, 0.1) is 0 Å². The first-order valence-electron chi connectivity index (χ1n) is 7.60. The van der Waals surface area contributed by atoms with E-state index in [2.05, 4.69) is 45.2 Å². The van der Waals surface area contributed by atoms with E-state index in [9.17, 15) is 0 Å². The second kappa shape index (κ2) is 4.62. The molecule has 1 atom stereocenters. The Hall–Kier alpha value is -1.84. The Morgan fingerprint density at radius 3 is 3.20 bits per heavy atom. The van der Waals surface area contributed by atoms with Crippen molar-refractivity contribution in [3.8, 4) is 11.4 Å². The van der Waals surface area contributed by atoms with E-state index in [0.29, 0.717) is 0 Å². The van der Waals surface area contributed by atoms with E-state index in [1.165, 1.54) is 29.7 Å².